The van der Waals surface area contributed by atoms with E-state index in [1.54, 1.807) is 60.7 Å². The van der Waals surface area contributed by atoms with Crippen molar-refractivity contribution in [1.29, 1.82) is 0 Å². The molecule has 1 heterocycles. The molecule has 7 nitrogen and oxygen atoms in total. The molecule has 154 valence electrons. The summed E-state index contributed by atoms with van der Waals surface area (Å²) in [4.78, 5) is 16.6. The Kier molecular flexibility index (Phi) is 6.48. The summed E-state index contributed by atoms with van der Waals surface area (Å²) in [5.74, 6) is 0.0856. The van der Waals surface area contributed by atoms with Crippen molar-refractivity contribution in [1.82, 2.24) is 10.3 Å². The molecule has 0 fully saturated rings. The molecule has 0 saturated carbocycles. The summed E-state index contributed by atoms with van der Waals surface area (Å²) in [6, 6.07) is 16.2. The number of ether oxygens (including phenoxy) is 1. The first-order valence-corrected chi connectivity index (χ1v) is 10.6. The molecule has 0 atom stereocenters. The average Bonchev–Trinajstić information content (AvgIpc) is 2.72. The van der Waals surface area contributed by atoms with Crippen LogP contribution in [0.1, 0.15) is 15.9 Å². The van der Waals surface area contributed by atoms with Gasteiger partial charge in [-0.1, -0.05) is 29.8 Å². The largest absolute Gasteiger partial charge is 0.438 e. The van der Waals surface area contributed by atoms with E-state index in [0.29, 0.717) is 18.0 Å². The third kappa shape index (κ3) is 5.24. The maximum absolute atomic E-state index is 12.6. The molecule has 0 aliphatic heterocycles. The minimum atomic E-state index is -3.75. The molecule has 1 aromatic heterocycles. The number of hydrogen-bond acceptors (Lipinski definition) is 5. The second-order valence-corrected chi connectivity index (χ2v) is 8.09. The lowest BCUT2D eigenvalue weighted by Gasteiger charge is -2.12. The van der Waals surface area contributed by atoms with Crippen LogP contribution in [0.4, 0.5) is 5.69 Å². The number of hydrogen-bond donors (Lipinski definition) is 2. The first-order chi connectivity index (χ1) is 14.4. The number of sulfonamides is 1. The summed E-state index contributed by atoms with van der Waals surface area (Å²) in [7, 11) is -3.75. The molecule has 3 aromatic rings. The lowest BCUT2D eigenvalue weighted by molar-refractivity contribution is 0.0955. The number of rotatable bonds is 8. The van der Waals surface area contributed by atoms with Gasteiger partial charge in [-0.15, -0.1) is 6.58 Å². The van der Waals surface area contributed by atoms with E-state index in [2.05, 4.69) is 21.6 Å². The van der Waals surface area contributed by atoms with Gasteiger partial charge in [0.15, 0.2) is 0 Å². The number of carbonyl (C=O) groups excluding carboxylic acids is 1. The highest BCUT2D eigenvalue weighted by Gasteiger charge is 2.16. The second-order valence-electron chi connectivity index (χ2n) is 6.40. The Labute approximate surface area is 175 Å². The molecular weight excluding hydrogens is 402 g/mol. The highest BCUT2D eigenvalue weighted by atomic mass is 32.2. The smallest absolute Gasteiger partial charge is 0.261 e. The van der Waals surface area contributed by atoms with E-state index in [1.165, 1.54) is 12.3 Å². The Bertz CT molecular complexity index is 1160. The zero-order valence-electron chi connectivity index (χ0n) is 16.3. The van der Waals surface area contributed by atoms with Crippen molar-refractivity contribution in [2.75, 3.05) is 11.3 Å². The topological polar surface area (TPSA) is 97.4 Å². The Morgan fingerprint density at radius 2 is 1.90 bits per heavy atom. The van der Waals surface area contributed by atoms with Gasteiger partial charge in [0.05, 0.1) is 10.6 Å². The molecule has 3 rings (SSSR count). The number of anilines is 1. The van der Waals surface area contributed by atoms with Crippen LogP contribution in [0.15, 0.2) is 84.4 Å². The van der Waals surface area contributed by atoms with Crippen LogP contribution in [-0.2, 0) is 10.0 Å². The Hall–Kier alpha value is -3.65. The van der Waals surface area contributed by atoms with Crippen LogP contribution in [0.5, 0.6) is 11.6 Å². The molecular formula is C22H21N3O4S. The number of aryl methyl sites for hydroxylation is 1. The van der Waals surface area contributed by atoms with Gasteiger partial charge in [0, 0.05) is 18.8 Å². The van der Waals surface area contributed by atoms with Crippen LogP contribution >= 0.6 is 0 Å². The van der Waals surface area contributed by atoms with Gasteiger partial charge in [-0.2, -0.15) is 0 Å². The van der Waals surface area contributed by atoms with E-state index in [0.717, 1.165) is 5.56 Å². The van der Waals surface area contributed by atoms with E-state index in [4.69, 9.17) is 4.74 Å². The van der Waals surface area contributed by atoms with Crippen LogP contribution in [0.3, 0.4) is 0 Å². The maximum Gasteiger partial charge on any atom is 0.261 e. The molecule has 0 unspecified atom stereocenters. The summed E-state index contributed by atoms with van der Waals surface area (Å²) < 4.78 is 33.5. The summed E-state index contributed by atoms with van der Waals surface area (Å²) in [5, 5.41) is 2.67. The van der Waals surface area contributed by atoms with Crippen molar-refractivity contribution in [3.8, 4) is 11.6 Å². The molecule has 8 heteroatoms. The predicted molar refractivity (Wildman–Crippen MR) is 115 cm³/mol. The van der Waals surface area contributed by atoms with Crippen LogP contribution in [-0.4, -0.2) is 25.9 Å². The molecule has 0 spiro atoms. The predicted octanol–water partition coefficient (Wildman–Crippen LogP) is 3.90. The number of amides is 1. The average molecular weight is 423 g/mol. The fourth-order valence-electron chi connectivity index (χ4n) is 2.57. The van der Waals surface area contributed by atoms with Gasteiger partial charge in [-0.05, 0) is 43.3 Å². The van der Waals surface area contributed by atoms with Gasteiger partial charge in [0.1, 0.15) is 11.3 Å². The van der Waals surface area contributed by atoms with E-state index in [1.807, 2.05) is 6.92 Å². The van der Waals surface area contributed by atoms with Crippen LogP contribution in [0, 0.1) is 6.92 Å². The zero-order chi connectivity index (χ0) is 21.6. The molecule has 0 aliphatic carbocycles. The number of aromatic nitrogens is 1. The molecule has 0 bridgehead atoms. The third-order valence-corrected chi connectivity index (χ3v) is 5.45. The fourth-order valence-corrected chi connectivity index (χ4v) is 3.62. The summed E-state index contributed by atoms with van der Waals surface area (Å²) in [5.41, 5.74) is 1.54. The highest BCUT2D eigenvalue weighted by molar-refractivity contribution is 7.92. The van der Waals surface area contributed by atoms with Crippen molar-refractivity contribution in [2.24, 2.45) is 0 Å². The van der Waals surface area contributed by atoms with Gasteiger partial charge in [-0.3, -0.25) is 9.52 Å². The van der Waals surface area contributed by atoms with Gasteiger partial charge < -0.3 is 10.1 Å². The van der Waals surface area contributed by atoms with E-state index in [9.17, 15) is 13.2 Å². The standard InChI is InChI=1S/C22H21N3O4S/c1-3-13-23-21(26)20-8-5-14-24-22(20)29-18-7-4-6-17(15-18)25-30(27,28)19-11-9-16(2)10-12-19/h3-12,14-15,25H,1,13H2,2H3,(H,23,26). The van der Waals surface area contributed by atoms with Gasteiger partial charge in [0.2, 0.25) is 5.88 Å². The van der Waals surface area contributed by atoms with Gasteiger partial charge in [-0.25, -0.2) is 13.4 Å². The number of nitrogens with one attached hydrogen (secondary N) is 2. The number of benzene rings is 2. The molecule has 0 aliphatic rings. The van der Waals surface area contributed by atoms with Gasteiger partial charge >= 0.3 is 0 Å². The number of pyridine rings is 1. The summed E-state index contributed by atoms with van der Waals surface area (Å²) >= 11 is 0. The van der Waals surface area contributed by atoms with E-state index >= 15 is 0 Å². The fraction of sp³-hybridized carbons (Fsp3) is 0.0909. The second kappa shape index (κ2) is 9.23. The minimum Gasteiger partial charge on any atom is -0.438 e. The molecule has 1 amide bonds. The molecule has 30 heavy (non-hydrogen) atoms. The highest BCUT2D eigenvalue weighted by Crippen LogP contribution is 2.26. The Balaban J connectivity index is 1.81. The van der Waals surface area contributed by atoms with Crippen molar-refractivity contribution in [3.63, 3.8) is 0 Å². The Morgan fingerprint density at radius 1 is 1.13 bits per heavy atom. The Morgan fingerprint density at radius 3 is 2.63 bits per heavy atom. The number of nitrogens with zero attached hydrogens (tertiary/aromatic N) is 1. The SMILES string of the molecule is C=CCNC(=O)c1cccnc1Oc1cccc(NS(=O)(=O)c2ccc(C)cc2)c1. The molecule has 0 radical (unpaired) electrons. The summed E-state index contributed by atoms with van der Waals surface area (Å²) in [6.45, 7) is 5.76. The summed E-state index contributed by atoms with van der Waals surface area (Å²) in [6.07, 6.45) is 3.07. The van der Waals surface area contributed by atoms with Crippen LogP contribution < -0.4 is 14.8 Å². The van der Waals surface area contributed by atoms with Gasteiger partial charge in [0.25, 0.3) is 15.9 Å². The molecule has 2 aromatic carbocycles. The van der Waals surface area contributed by atoms with E-state index < -0.39 is 10.0 Å². The van der Waals surface area contributed by atoms with E-state index in [-0.39, 0.29) is 22.2 Å². The normalized spacial score (nSPS) is 10.8. The maximum atomic E-state index is 12.6. The van der Waals surface area contributed by atoms with Crippen LogP contribution in [0.25, 0.3) is 0 Å². The monoisotopic (exact) mass is 423 g/mol. The first kappa shape index (κ1) is 21.1. The third-order valence-electron chi connectivity index (χ3n) is 4.05. The molecule has 2 N–H and O–H groups in total. The first-order valence-electron chi connectivity index (χ1n) is 9.10. The quantitative estimate of drug-likeness (QED) is 0.536. The van der Waals surface area contributed by atoms with Crippen molar-refractivity contribution < 1.29 is 17.9 Å². The van der Waals surface area contributed by atoms with Crippen molar-refractivity contribution in [2.45, 2.75) is 11.8 Å². The zero-order valence-corrected chi connectivity index (χ0v) is 17.1. The van der Waals surface area contributed by atoms with Crippen LogP contribution in [0.2, 0.25) is 0 Å². The number of carbonyl (C=O) groups is 1. The lowest BCUT2D eigenvalue weighted by Crippen LogP contribution is -2.23. The minimum absolute atomic E-state index is 0.109. The van der Waals surface area contributed by atoms with Crippen molar-refractivity contribution in [3.05, 3.63) is 90.6 Å². The lowest BCUT2D eigenvalue weighted by atomic mass is 10.2. The molecule has 0 saturated heterocycles. The van der Waals surface area contributed by atoms with Crippen molar-refractivity contribution >= 4 is 21.6 Å².